The monoisotopic (exact) mass is 416 g/mol. The Bertz CT molecular complexity index is 951. The van der Waals surface area contributed by atoms with E-state index in [0.717, 1.165) is 11.3 Å². The number of aryl methyl sites for hydroxylation is 3. The van der Waals surface area contributed by atoms with Crippen molar-refractivity contribution in [3.8, 4) is 5.75 Å². The summed E-state index contributed by atoms with van der Waals surface area (Å²) >= 11 is 0. The minimum absolute atomic E-state index is 0.273. The number of para-hydroxylation sites is 1. The van der Waals surface area contributed by atoms with Crippen LogP contribution in [-0.2, 0) is 14.8 Å². The molecule has 0 aliphatic carbocycles. The van der Waals surface area contributed by atoms with Gasteiger partial charge >= 0.3 is 0 Å². The number of nitrogens with one attached hydrogen (secondary N) is 1. The molecule has 1 atom stereocenters. The lowest BCUT2D eigenvalue weighted by molar-refractivity contribution is -0.124. The summed E-state index contributed by atoms with van der Waals surface area (Å²) in [7, 11) is -3.74. The molecule has 7 heteroatoms. The number of carbonyl (C=O) groups excluding carboxylic acids is 1. The first-order chi connectivity index (χ1) is 13.8. The first kappa shape index (κ1) is 21.3. The van der Waals surface area contributed by atoms with Crippen molar-refractivity contribution >= 4 is 15.9 Å². The molecule has 29 heavy (non-hydrogen) atoms. The standard InChI is InChI=1S/C22H28N2O4S/c1-16-14-17(2)21(18(3)15-16)29(26,27)24-12-7-10-20(24)22(25)23-11-13-28-19-8-5-4-6-9-19/h4-6,8-9,14-15,20H,7,10-13H2,1-3H3,(H,23,25). The Hall–Kier alpha value is -2.38. The van der Waals surface area contributed by atoms with Crippen molar-refractivity contribution < 1.29 is 17.9 Å². The lowest BCUT2D eigenvalue weighted by Crippen LogP contribution is -2.46. The molecule has 2 aromatic carbocycles. The van der Waals surface area contributed by atoms with Crippen LogP contribution in [0.2, 0.25) is 0 Å². The minimum Gasteiger partial charge on any atom is -0.492 e. The fraction of sp³-hybridized carbons (Fsp3) is 0.409. The summed E-state index contributed by atoms with van der Waals surface area (Å²) in [5, 5.41) is 2.82. The van der Waals surface area contributed by atoms with Crippen LogP contribution in [0.4, 0.5) is 0 Å². The Morgan fingerprint density at radius 1 is 1.14 bits per heavy atom. The van der Waals surface area contributed by atoms with Crippen LogP contribution in [0, 0.1) is 20.8 Å². The summed E-state index contributed by atoms with van der Waals surface area (Å²) in [4.78, 5) is 13.0. The van der Waals surface area contributed by atoms with E-state index in [1.54, 1.807) is 13.8 Å². The molecule has 6 nitrogen and oxygen atoms in total. The third-order valence-electron chi connectivity index (χ3n) is 5.09. The van der Waals surface area contributed by atoms with Crippen LogP contribution in [0.25, 0.3) is 0 Å². The minimum atomic E-state index is -3.74. The van der Waals surface area contributed by atoms with Gasteiger partial charge in [-0.25, -0.2) is 8.42 Å². The van der Waals surface area contributed by atoms with Gasteiger partial charge in [-0.15, -0.1) is 0 Å². The molecule has 2 aromatic rings. The Morgan fingerprint density at radius 2 is 1.79 bits per heavy atom. The SMILES string of the molecule is Cc1cc(C)c(S(=O)(=O)N2CCCC2C(=O)NCCOc2ccccc2)c(C)c1. The molecular weight excluding hydrogens is 388 g/mol. The Labute approximate surface area is 172 Å². The molecule has 1 heterocycles. The molecule has 156 valence electrons. The fourth-order valence-electron chi connectivity index (χ4n) is 3.96. The molecule has 1 fully saturated rings. The quantitative estimate of drug-likeness (QED) is 0.704. The predicted molar refractivity (Wildman–Crippen MR) is 113 cm³/mol. The Morgan fingerprint density at radius 3 is 2.45 bits per heavy atom. The molecular formula is C22H28N2O4S. The number of ether oxygens (including phenoxy) is 1. The zero-order chi connectivity index (χ0) is 21.0. The van der Waals surface area contributed by atoms with Crippen molar-refractivity contribution in [2.75, 3.05) is 19.7 Å². The number of hydrogen-bond donors (Lipinski definition) is 1. The molecule has 0 saturated carbocycles. The van der Waals surface area contributed by atoms with Crippen molar-refractivity contribution in [3.05, 3.63) is 59.2 Å². The molecule has 1 amide bonds. The number of carbonyl (C=O) groups is 1. The first-order valence-corrected chi connectivity index (χ1v) is 11.3. The van der Waals surface area contributed by atoms with E-state index in [2.05, 4.69) is 5.32 Å². The highest BCUT2D eigenvalue weighted by Crippen LogP contribution is 2.30. The Kier molecular flexibility index (Phi) is 6.59. The largest absolute Gasteiger partial charge is 0.492 e. The van der Waals surface area contributed by atoms with E-state index in [4.69, 9.17) is 4.74 Å². The summed E-state index contributed by atoms with van der Waals surface area (Å²) in [6, 6.07) is 12.4. The average molecular weight is 417 g/mol. The lowest BCUT2D eigenvalue weighted by atomic mass is 10.1. The van der Waals surface area contributed by atoms with Crippen molar-refractivity contribution in [1.29, 1.82) is 0 Å². The normalized spacial score (nSPS) is 17.3. The molecule has 0 bridgehead atoms. The maximum Gasteiger partial charge on any atom is 0.244 e. The predicted octanol–water partition coefficient (Wildman–Crippen LogP) is 2.96. The van der Waals surface area contributed by atoms with Crippen molar-refractivity contribution in [1.82, 2.24) is 9.62 Å². The highest BCUT2D eigenvalue weighted by Gasteiger charge is 2.40. The lowest BCUT2D eigenvalue weighted by Gasteiger charge is -2.25. The van der Waals surface area contributed by atoms with Gasteiger partial charge in [-0.2, -0.15) is 4.31 Å². The number of nitrogens with zero attached hydrogens (tertiary/aromatic N) is 1. The summed E-state index contributed by atoms with van der Waals surface area (Å²) < 4.78 is 33.6. The smallest absolute Gasteiger partial charge is 0.244 e. The van der Waals surface area contributed by atoms with E-state index in [1.807, 2.05) is 49.4 Å². The summed E-state index contributed by atoms with van der Waals surface area (Å²) in [6.45, 7) is 6.55. The van der Waals surface area contributed by atoms with E-state index < -0.39 is 16.1 Å². The molecule has 1 aliphatic rings. The van der Waals surface area contributed by atoms with Crippen molar-refractivity contribution in [3.63, 3.8) is 0 Å². The molecule has 3 rings (SSSR count). The van der Waals surface area contributed by atoms with Gasteiger partial charge in [-0.05, 0) is 56.9 Å². The van der Waals surface area contributed by atoms with Crippen LogP contribution in [-0.4, -0.2) is 44.4 Å². The van der Waals surface area contributed by atoms with Crippen LogP contribution >= 0.6 is 0 Å². The van der Waals surface area contributed by atoms with E-state index >= 15 is 0 Å². The third kappa shape index (κ3) is 4.79. The van der Waals surface area contributed by atoms with Gasteiger partial charge in [0, 0.05) is 6.54 Å². The second-order valence-electron chi connectivity index (χ2n) is 7.45. The van der Waals surface area contributed by atoms with Crippen LogP contribution < -0.4 is 10.1 Å². The van der Waals surface area contributed by atoms with Crippen molar-refractivity contribution in [2.45, 2.75) is 44.6 Å². The average Bonchev–Trinajstić information content (AvgIpc) is 3.16. The highest BCUT2D eigenvalue weighted by molar-refractivity contribution is 7.89. The molecule has 0 spiro atoms. The van der Waals surface area contributed by atoms with Crippen LogP contribution in [0.5, 0.6) is 5.75 Å². The maximum atomic E-state index is 13.3. The van der Waals surface area contributed by atoms with Gasteiger partial charge in [0.25, 0.3) is 0 Å². The van der Waals surface area contributed by atoms with E-state index in [1.165, 1.54) is 4.31 Å². The first-order valence-electron chi connectivity index (χ1n) is 9.86. The van der Waals surface area contributed by atoms with Crippen molar-refractivity contribution in [2.24, 2.45) is 0 Å². The number of hydrogen-bond acceptors (Lipinski definition) is 4. The molecule has 1 N–H and O–H groups in total. The van der Waals surface area contributed by atoms with Crippen LogP contribution in [0.1, 0.15) is 29.5 Å². The van der Waals surface area contributed by atoms with Gasteiger partial charge in [-0.3, -0.25) is 4.79 Å². The number of amides is 1. The van der Waals surface area contributed by atoms with Gasteiger partial charge in [0.15, 0.2) is 0 Å². The second-order valence-corrected chi connectivity index (χ2v) is 9.28. The zero-order valence-electron chi connectivity index (χ0n) is 17.1. The summed E-state index contributed by atoms with van der Waals surface area (Å²) in [5.74, 6) is 0.460. The van der Waals surface area contributed by atoms with Gasteiger partial charge in [0.2, 0.25) is 15.9 Å². The summed E-state index contributed by atoms with van der Waals surface area (Å²) in [6.07, 6.45) is 1.19. The number of benzene rings is 2. The molecule has 1 aliphatic heterocycles. The van der Waals surface area contributed by atoms with Gasteiger partial charge in [0.1, 0.15) is 18.4 Å². The molecule has 0 aromatic heterocycles. The number of rotatable bonds is 7. The van der Waals surface area contributed by atoms with E-state index in [-0.39, 0.29) is 5.91 Å². The van der Waals surface area contributed by atoms with Gasteiger partial charge in [-0.1, -0.05) is 35.9 Å². The van der Waals surface area contributed by atoms with Crippen LogP contribution in [0.3, 0.4) is 0 Å². The second kappa shape index (κ2) is 8.97. The molecule has 0 radical (unpaired) electrons. The van der Waals surface area contributed by atoms with E-state index in [0.29, 0.717) is 48.6 Å². The molecule has 1 saturated heterocycles. The van der Waals surface area contributed by atoms with Gasteiger partial charge in [0.05, 0.1) is 11.4 Å². The highest BCUT2D eigenvalue weighted by atomic mass is 32.2. The molecule has 1 unspecified atom stereocenters. The van der Waals surface area contributed by atoms with Gasteiger partial charge < -0.3 is 10.1 Å². The van der Waals surface area contributed by atoms with E-state index in [9.17, 15) is 13.2 Å². The topological polar surface area (TPSA) is 75.7 Å². The third-order valence-corrected chi connectivity index (χ3v) is 7.31. The summed E-state index contributed by atoms with van der Waals surface area (Å²) in [5.41, 5.74) is 2.45. The number of sulfonamides is 1. The maximum absolute atomic E-state index is 13.3. The van der Waals surface area contributed by atoms with Crippen LogP contribution in [0.15, 0.2) is 47.4 Å². The Balaban J connectivity index is 1.66. The zero-order valence-corrected chi connectivity index (χ0v) is 18.0. The fourth-order valence-corrected chi connectivity index (χ4v) is 6.03.